The number of nitrogens with one attached hydrogen (secondary N) is 2. The Balaban J connectivity index is 2.26. The number of rotatable bonds is 4. The van der Waals surface area contributed by atoms with Crippen molar-refractivity contribution in [2.24, 2.45) is 5.92 Å². The summed E-state index contributed by atoms with van der Waals surface area (Å²) in [6, 6.07) is 5.42. The lowest BCUT2D eigenvalue weighted by molar-refractivity contribution is -0.127. The topological polar surface area (TPSA) is 76.7 Å². The molecule has 2 N–H and O–H groups in total. The maximum atomic E-state index is 12.4. The van der Waals surface area contributed by atoms with Crippen LogP contribution in [-0.4, -0.2) is 32.1 Å². The number of carbonyl (C=O) groups excluding carboxylic acids is 2. The maximum Gasteiger partial charge on any atom is 0.221 e. The highest BCUT2D eigenvalue weighted by Gasteiger charge is 2.21. The first-order chi connectivity index (χ1) is 12.9. The van der Waals surface area contributed by atoms with Gasteiger partial charge in [-0.05, 0) is 30.9 Å². The van der Waals surface area contributed by atoms with E-state index in [0.717, 1.165) is 12.0 Å². The van der Waals surface area contributed by atoms with Crippen LogP contribution in [0.4, 0.5) is 0 Å². The Hall–Kier alpha value is -2.50. The second-order valence-electron chi connectivity index (χ2n) is 7.09. The molecule has 6 nitrogen and oxygen atoms in total. The molecular formula is C21H30N2O4. The summed E-state index contributed by atoms with van der Waals surface area (Å²) in [4.78, 5) is 24.5. The van der Waals surface area contributed by atoms with E-state index in [4.69, 9.17) is 9.47 Å². The fourth-order valence-electron chi connectivity index (χ4n) is 3.12. The number of hydrogen-bond donors (Lipinski definition) is 2. The standard InChI is InChI=1S/C21H30N2O4/c1-14(2)17-7-5-6-8-18(23-21(25)12-11-20(24)22-17)16-10-9-15(26-3)13-19(16)27-4/h5-6,9-10,13-14,17-18H,7-8,11-12H2,1-4H3,(H,22,24)(H,23,25)/b6-5-/t17-,18-/m0/s1. The van der Waals surface area contributed by atoms with Crippen LogP contribution in [0.3, 0.4) is 0 Å². The van der Waals surface area contributed by atoms with Gasteiger partial charge in [-0.15, -0.1) is 0 Å². The van der Waals surface area contributed by atoms with Gasteiger partial charge < -0.3 is 20.1 Å². The second-order valence-corrected chi connectivity index (χ2v) is 7.09. The molecular weight excluding hydrogens is 344 g/mol. The molecule has 0 spiro atoms. The number of hydrogen-bond acceptors (Lipinski definition) is 4. The molecule has 1 heterocycles. The first-order valence-corrected chi connectivity index (χ1v) is 9.40. The van der Waals surface area contributed by atoms with Gasteiger partial charge in [-0.25, -0.2) is 0 Å². The Morgan fingerprint density at radius 1 is 0.963 bits per heavy atom. The van der Waals surface area contributed by atoms with E-state index in [0.29, 0.717) is 23.8 Å². The van der Waals surface area contributed by atoms with Gasteiger partial charge in [0.05, 0.1) is 20.3 Å². The van der Waals surface area contributed by atoms with Crippen LogP contribution in [0.15, 0.2) is 30.4 Å². The molecule has 1 aliphatic rings. The Labute approximate surface area is 161 Å². The van der Waals surface area contributed by atoms with E-state index >= 15 is 0 Å². The van der Waals surface area contributed by atoms with E-state index < -0.39 is 0 Å². The zero-order chi connectivity index (χ0) is 19.8. The molecule has 1 aliphatic heterocycles. The van der Waals surface area contributed by atoms with Gasteiger partial charge in [-0.3, -0.25) is 9.59 Å². The first kappa shape index (κ1) is 20.8. The van der Waals surface area contributed by atoms with Gasteiger partial charge in [-0.2, -0.15) is 0 Å². The molecule has 6 heteroatoms. The minimum Gasteiger partial charge on any atom is -0.497 e. The van der Waals surface area contributed by atoms with E-state index in [1.807, 2.05) is 18.2 Å². The van der Waals surface area contributed by atoms with Gasteiger partial charge in [-0.1, -0.05) is 26.0 Å². The largest absolute Gasteiger partial charge is 0.497 e. The van der Waals surface area contributed by atoms with Gasteiger partial charge in [0.2, 0.25) is 11.8 Å². The third-order valence-corrected chi connectivity index (χ3v) is 4.81. The van der Waals surface area contributed by atoms with Crippen molar-refractivity contribution in [1.29, 1.82) is 0 Å². The smallest absolute Gasteiger partial charge is 0.221 e. The minimum atomic E-state index is -0.227. The van der Waals surface area contributed by atoms with E-state index in [9.17, 15) is 9.59 Å². The molecule has 1 aromatic carbocycles. The number of amides is 2. The number of ether oxygens (including phenoxy) is 2. The molecule has 0 bridgehead atoms. The molecule has 1 aromatic rings. The summed E-state index contributed by atoms with van der Waals surface area (Å²) < 4.78 is 10.7. The second kappa shape index (κ2) is 10.00. The van der Waals surface area contributed by atoms with Crippen molar-refractivity contribution in [3.05, 3.63) is 35.9 Å². The lowest BCUT2D eigenvalue weighted by atomic mass is 9.98. The molecule has 148 valence electrons. The zero-order valence-electron chi connectivity index (χ0n) is 16.6. The molecule has 0 saturated carbocycles. The van der Waals surface area contributed by atoms with Gasteiger partial charge in [0.1, 0.15) is 11.5 Å². The first-order valence-electron chi connectivity index (χ1n) is 9.40. The Bertz CT molecular complexity index is 685. The van der Waals surface area contributed by atoms with Crippen LogP contribution in [0.5, 0.6) is 11.5 Å². The van der Waals surface area contributed by atoms with Gasteiger partial charge in [0.25, 0.3) is 0 Å². The normalized spacial score (nSPS) is 22.9. The quantitative estimate of drug-likeness (QED) is 0.794. The molecule has 0 aromatic heterocycles. The molecule has 0 fully saturated rings. The summed E-state index contributed by atoms with van der Waals surface area (Å²) >= 11 is 0. The molecule has 2 atom stereocenters. The minimum absolute atomic E-state index is 0.0743. The Morgan fingerprint density at radius 3 is 2.26 bits per heavy atom. The highest BCUT2D eigenvalue weighted by molar-refractivity contribution is 5.84. The van der Waals surface area contributed by atoms with Crippen molar-refractivity contribution < 1.29 is 19.1 Å². The number of carbonyl (C=O) groups is 2. The predicted molar refractivity (Wildman–Crippen MR) is 105 cm³/mol. The van der Waals surface area contributed by atoms with Crippen molar-refractivity contribution in [3.8, 4) is 11.5 Å². The van der Waals surface area contributed by atoms with E-state index in [2.05, 4.69) is 36.6 Å². The monoisotopic (exact) mass is 374 g/mol. The third kappa shape index (κ3) is 6.01. The summed E-state index contributed by atoms with van der Waals surface area (Å²) in [5, 5.41) is 6.05. The SMILES string of the molecule is COc1ccc([C@@H]2C/C=C\C[C@@H](C(C)C)NC(=O)CCC(=O)N2)c(OC)c1. The van der Waals surface area contributed by atoms with E-state index in [-0.39, 0.29) is 36.7 Å². The van der Waals surface area contributed by atoms with Crippen LogP contribution >= 0.6 is 0 Å². The fourth-order valence-corrected chi connectivity index (χ4v) is 3.12. The number of benzene rings is 1. The highest BCUT2D eigenvalue weighted by atomic mass is 16.5. The van der Waals surface area contributed by atoms with Crippen molar-refractivity contribution >= 4 is 11.8 Å². The summed E-state index contributed by atoms with van der Waals surface area (Å²) in [6.45, 7) is 4.17. The summed E-state index contributed by atoms with van der Waals surface area (Å²) in [5.41, 5.74) is 0.887. The molecule has 0 unspecified atom stereocenters. The predicted octanol–water partition coefficient (Wildman–Crippen LogP) is 3.13. The fraction of sp³-hybridized carbons (Fsp3) is 0.524. The summed E-state index contributed by atoms with van der Waals surface area (Å²) in [6.07, 6.45) is 5.89. The third-order valence-electron chi connectivity index (χ3n) is 4.81. The zero-order valence-corrected chi connectivity index (χ0v) is 16.6. The average molecular weight is 374 g/mol. The van der Waals surface area contributed by atoms with Crippen LogP contribution in [-0.2, 0) is 9.59 Å². The van der Waals surface area contributed by atoms with Crippen molar-refractivity contribution in [3.63, 3.8) is 0 Å². The molecule has 27 heavy (non-hydrogen) atoms. The van der Waals surface area contributed by atoms with Gasteiger partial charge in [0.15, 0.2) is 0 Å². The Kier molecular flexibility index (Phi) is 7.70. The van der Waals surface area contributed by atoms with E-state index in [1.54, 1.807) is 14.2 Å². The van der Waals surface area contributed by atoms with Crippen molar-refractivity contribution in [2.45, 2.75) is 51.6 Å². The molecule has 0 aliphatic carbocycles. The molecule has 2 rings (SSSR count). The van der Waals surface area contributed by atoms with Crippen molar-refractivity contribution in [2.75, 3.05) is 14.2 Å². The average Bonchev–Trinajstić information content (AvgIpc) is 2.66. The highest BCUT2D eigenvalue weighted by Crippen LogP contribution is 2.31. The lowest BCUT2D eigenvalue weighted by Crippen LogP contribution is -2.39. The van der Waals surface area contributed by atoms with Gasteiger partial charge >= 0.3 is 0 Å². The lowest BCUT2D eigenvalue weighted by Gasteiger charge is -2.23. The van der Waals surface area contributed by atoms with Crippen LogP contribution in [0.1, 0.15) is 51.1 Å². The van der Waals surface area contributed by atoms with Gasteiger partial charge in [0, 0.05) is 30.5 Å². The van der Waals surface area contributed by atoms with Crippen LogP contribution in [0, 0.1) is 5.92 Å². The summed E-state index contributed by atoms with van der Waals surface area (Å²) in [7, 11) is 3.20. The van der Waals surface area contributed by atoms with Crippen molar-refractivity contribution in [1.82, 2.24) is 10.6 Å². The molecule has 0 saturated heterocycles. The molecule has 0 radical (unpaired) electrons. The maximum absolute atomic E-state index is 12.4. The van der Waals surface area contributed by atoms with E-state index in [1.165, 1.54) is 0 Å². The Morgan fingerprint density at radius 2 is 1.63 bits per heavy atom. The summed E-state index contributed by atoms with van der Waals surface area (Å²) in [5.74, 6) is 1.45. The van der Waals surface area contributed by atoms with Crippen LogP contribution < -0.4 is 20.1 Å². The van der Waals surface area contributed by atoms with Crippen LogP contribution in [0.2, 0.25) is 0 Å². The number of methoxy groups -OCH3 is 2. The molecule has 2 amide bonds. The van der Waals surface area contributed by atoms with Crippen LogP contribution in [0.25, 0.3) is 0 Å².